The molecule has 0 bridgehead atoms. The Kier molecular flexibility index (Phi) is 3.76. The first-order chi connectivity index (χ1) is 12.8. The van der Waals surface area contributed by atoms with Gasteiger partial charge in [-0.1, -0.05) is 23.7 Å². The number of para-hydroxylation sites is 1. The Bertz CT molecular complexity index is 1090. The Morgan fingerprint density at radius 3 is 2.50 bits per heavy atom. The number of anilines is 1. The number of aromatic nitrogens is 2. The van der Waals surface area contributed by atoms with E-state index in [0.29, 0.717) is 24.1 Å². The third-order valence-electron chi connectivity index (χ3n) is 4.61. The Labute approximate surface area is 155 Å². The highest BCUT2D eigenvalue weighted by Crippen LogP contribution is 2.35. The number of halogens is 1. The molecule has 5 nitrogen and oxygen atoms in total. The molecule has 0 saturated carbocycles. The summed E-state index contributed by atoms with van der Waals surface area (Å²) in [6.07, 6.45) is 0. The molecule has 3 heterocycles. The van der Waals surface area contributed by atoms with Crippen LogP contribution in [-0.2, 0) is 4.74 Å². The topological polar surface area (TPSA) is 51.4 Å². The molecule has 26 heavy (non-hydrogen) atoms. The number of nitrogens with zero attached hydrogens (tertiary/aromatic N) is 3. The van der Waals surface area contributed by atoms with Crippen molar-refractivity contribution < 1.29 is 9.15 Å². The van der Waals surface area contributed by atoms with Crippen LogP contribution in [0.3, 0.4) is 0 Å². The van der Waals surface area contributed by atoms with E-state index in [1.165, 1.54) is 0 Å². The van der Waals surface area contributed by atoms with Crippen LogP contribution in [0.2, 0.25) is 5.02 Å². The van der Waals surface area contributed by atoms with E-state index in [-0.39, 0.29) is 0 Å². The zero-order valence-corrected chi connectivity index (χ0v) is 14.7. The van der Waals surface area contributed by atoms with Crippen LogP contribution in [0.15, 0.2) is 52.9 Å². The van der Waals surface area contributed by atoms with Gasteiger partial charge in [0.25, 0.3) is 0 Å². The summed E-state index contributed by atoms with van der Waals surface area (Å²) in [4.78, 5) is 11.9. The van der Waals surface area contributed by atoms with E-state index < -0.39 is 0 Å². The van der Waals surface area contributed by atoms with Gasteiger partial charge in [-0.2, -0.15) is 0 Å². The van der Waals surface area contributed by atoms with Gasteiger partial charge in [-0.3, -0.25) is 0 Å². The highest BCUT2D eigenvalue weighted by Gasteiger charge is 2.22. The lowest BCUT2D eigenvalue weighted by Crippen LogP contribution is -2.37. The second kappa shape index (κ2) is 6.27. The number of hydrogen-bond donors (Lipinski definition) is 0. The van der Waals surface area contributed by atoms with Gasteiger partial charge in [-0.15, -0.1) is 0 Å². The molecular weight excluding hydrogens is 350 g/mol. The van der Waals surface area contributed by atoms with Crippen molar-refractivity contribution in [3.63, 3.8) is 0 Å². The second-order valence-electron chi connectivity index (χ2n) is 6.25. The molecule has 2 aromatic heterocycles. The van der Waals surface area contributed by atoms with Crippen molar-refractivity contribution in [1.82, 2.24) is 9.97 Å². The minimum absolute atomic E-state index is 0.669. The van der Waals surface area contributed by atoms with Crippen LogP contribution < -0.4 is 4.90 Å². The summed E-state index contributed by atoms with van der Waals surface area (Å²) in [5, 5.41) is 1.69. The predicted molar refractivity (Wildman–Crippen MR) is 103 cm³/mol. The van der Waals surface area contributed by atoms with Crippen molar-refractivity contribution in [1.29, 1.82) is 0 Å². The van der Waals surface area contributed by atoms with E-state index in [0.717, 1.165) is 46.5 Å². The number of hydrogen-bond acceptors (Lipinski definition) is 5. The molecule has 0 aliphatic carbocycles. The molecule has 0 radical (unpaired) electrons. The molecule has 1 aliphatic rings. The van der Waals surface area contributed by atoms with Crippen LogP contribution in [0.1, 0.15) is 0 Å². The predicted octanol–water partition coefficient (Wildman–Crippen LogP) is 4.53. The lowest BCUT2D eigenvalue weighted by atomic mass is 10.2. The maximum Gasteiger partial charge on any atom is 0.196 e. The van der Waals surface area contributed by atoms with Gasteiger partial charge in [-0.05, 0) is 36.4 Å². The van der Waals surface area contributed by atoms with Crippen LogP contribution >= 0.6 is 11.6 Å². The van der Waals surface area contributed by atoms with Crippen LogP contribution in [0, 0.1) is 0 Å². The quantitative estimate of drug-likeness (QED) is 0.522. The normalized spacial score (nSPS) is 15.0. The maximum absolute atomic E-state index is 6.12. The Morgan fingerprint density at radius 1 is 0.923 bits per heavy atom. The number of fused-ring (bicyclic) bond motifs is 3. The highest BCUT2D eigenvalue weighted by molar-refractivity contribution is 6.30. The summed E-state index contributed by atoms with van der Waals surface area (Å²) in [7, 11) is 0. The van der Waals surface area contributed by atoms with Crippen molar-refractivity contribution >= 4 is 39.5 Å². The van der Waals surface area contributed by atoms with Crippen LogP contribution in [-0.4, -0.2) is 36.3 Å². The molecule has 2 aromatic carbocycles. The second-order valence-corrected chi connectivity index (χ2v) is 6.69. The van der Waals surface area contributed by atoms with Gasteiger partial charge in [0.15, 0.2) is 17.2 Å². The minimum Gasteiger partial charge on any atom is -0.450 e. The van der Waals surface area contributed by atoms with E-state index in [2.05, 4.69) is 4.90 Å². The molecule has 0 atom stereocenters. The van der Waals surface area contributed by atoms with Gasteiger partial charge >= 0.3 is 0 Å². The van der Waals surface area contributed by atoms with Crippen LogP contribution in [0.5, 0.6) is 0 Å². The zero-order valence-electron chi connectivity index (χ0n) is 14.0. The molecule has 130 valence electrons. The van der Waals surface area contributed by atoms with Gasteiger partial charge < -0.3 is 14.1 Å². The fourth-order valence-corrected chi connectivity index (χ4v) is 3.42. The van der Waals surface area contributed by atoms with Crippen molar-refractivity contribution in [3.8, 4) is 11.4 Å². The van der Waals surface area contributed by atoms with Crippen molar-refractivity contribution in [2.75, 3.05) is 31.2 Å². The van der Waals surface area contributed by atoms with Crippen LogP contribution in [0.4, 0.5) is 5.82 Å². The third kappa shape index (κ3) is 2.60. The van der Waals surface area contributed by atoms with Gasteiger partial charge in [0.2, 0.25) is 0 Å². The number of benzene rings is 2. The molecule has 1 fully saturated rings. The Balaban J connectivity index is 1.77. The largest absolute Gasteiger partial charge is 0.450 e. The van der Waals surface area contributed by atoms with E-state index in [1.54, 1.807) is 0 Å². The summed E-state index contributed by atoms with van der Waals surface area (Å²) in [5.41, 5.74) is 3.31. The fourth-order valence-electron chi connectivity index (χ4n) is 3.29. The van der Waals surface area contributed by atoms with Crippen molar-refractivity contribution in [2.24, 2.45) is 0 Å². The summed E-state index contributed by atoms with van der Waals surface area (Å²) in [6, 6.07) is 15.5. The van der Waals surface area contributed by atoms with E-state index in [4.69, 9.17) is 30.7 Å². The summed E-state index contributed by atoms with van der Waals surface area (Å²) >= 11 is 6.03. The van der Waals surface area contributed by atoms with E-state index in [9.17, 15) is 0 Å². The lowest BCUT2D eigenvalue weighted by molar-refractivity contribution is 0.122. The van der Waals surface area contributed by atoms with Gasteiger partial charge in [0, 0.05) is 29.1 Å². The SMILES string of the molecule is Clc1ccc(-c2nc(N3CCOCC3)c3oc4ccccc4c3n2)cc1. The highest BCUT2D eigenvalue weighted by atomic mass is 35.5. The molecule has 0 unspecified atom stereocenters. The molecule has 1 aliphatic heterocycles. The number of furan rings is 1. The molecule has 5 rings (SSSR count). The average Bonchev–Trinajstić information content (AvgIpc) is 3.07. The molecular formula is C20H16ClN3O2. The molecule has 0 N–H and O–H groups in total. The number of rotatable bonds is 2. The lowest BCUT2D eigenvalue weighted by Gasteiger charge is -2.27. The average molecular weight is 366 g/mol. The summed E-state index contributed by atoms with van der Waals surface area (Å²) < 4.78 is 11.6. The van der Waals surface area contributed by atoms with Crippen LogP contribution in [0.25, 0.3) is 33.5 Å². The zero-order chi connectivity index (χ0) is 17.5. The minimum atomic E-state index is 0.669. The van der Waals surface area contributed by atoms with Gasteiger partial charge in [0.05, 0.1) is 13.2 Å². The molecule has 4 aromatic rings. The standard InChI is InChI=1S/C20H16ClN3O2/c21-14-7-5-13(6-8-14)19-22-17-15-3-1-2-4-16(15)26-18(17)20(23-19)24-9-11-25-12-10-24/h1-8H,9-12H2. The third-order valence-corrected chi connectivity index (χ3v) is 4.87. The van der Waals surface area contributed by atoms with E-state index >= 15 is 0 Å². The molecule has 6 heteroatoms. The maximum atomic E-state index is 6.12. The van der Waals surface area contributed by atoms with Gasteiger partial charge in [0.1, 0.15) is 11.1 Å². The number of morpholine rings is 1. The first-order valence-corrected chi connectivity index (χ1v) is 8.95. The molecule has 0 amide bonds. The fraction of sp³-hybridized carbons (Fsp3) is 0.200. The molecule has 1 saturated heterocycles. The monoisotopic (exact) mass is 365 g/mol. The van der Waals surface area contributed by atoms with Crippen molar-refractivity contribution in [2.45, 2.75) is 0 Å². The Hall–Kier alpha value is -2.63. The Morgan fingerprint density at radius 2 is 1.69 bits per heavy atom. The van der Waals surface area contributed by atoms with Crippen molar-refractivity contribution in [3.05, 3.63) is 53.6 Å². The van der Waals surface area contributed by atoms with Gasteiger partial charge in [-0.25, -0.2) is 9.97 Å². The summed E-state index contributed by atoms with van der Waals surface area (Å²) in [5.74, 6) is 1.49. The number of ether oxygens (including phenoxy) is 1. The van der Waals surface area contributed by atoms with E-state index in [1.807, 2.05) is 48.5 Å². The molecule has 0 spiro atoms. The summed E-state index contributed by atoms with van der Waals surface area (Å²) in [6.45, 7) is 2.93. The first-order valence-electron chi connectivity index (χ1n) is 8.57. The first kappa shape index (κ1) is 15.6. The smallest absolute Gasteiger partial charge is 0.196 e.